The molecular formula is C15H14F3N. The van der Waals surface area contributed by atoms with Crippen LogP contribution in [0.4, 0.5) is 18.9 Å². The Morgan fingerprint density at radius 1 is 1.00 bits per heavy atom. The van der Waals surface area contributed by atoms with Crippen molar-refractivity contribution in [3.63, 3.8) is 0 Å². The molecule has 2 rings (SSSR count). The molecule has 0 spiro atoms. The molecule has 2 aromatic carbocycles. The molecule has 0 amide bonds. The van der Waals surface area contributed by atoms with Gasteiger partial charge >= 0.3 is 0 Å². The van der Waals surface area contributed by atoms with Crippen LogP contribution in [0.15, 0.2) is 36.4 Å². The van der Waals surface area contributed by atoms with Crippen molar-refractivity contribution in [2.75, 3.05) is 5.32 Å². The van der Waals surface area contributed by atoms with Crippen molar-refractivity contribution in [1.82, 2.24) is 0 Å². The van der Waals surface area contributed by atoms with Crippen LogP contribution in [0.5, 0.6) is 0 Å². The first-order valence-corrected chi connectivity index (χ1v) is 6.07. The Balaban J connectivity index is 2.15. The van der Waals surface area contributed by atoms with Gasteiger partial charge in [-0.05, 0) is 35.7 Å². The molecule has 19 heavy (non-hydrogen) atoms. The van der Waals surface area contributed by atoms with E-state index in [0.29, 0.717) is 5.56 Å². The predicted octanol–water partition coefficient (Wildman–Crippen LogP) is 4.28. The van der Waals surface area contributed by atoms with Gasteiger partial charge in [0.25, 0.3) is 0 Å². The highest BCUT2D eigenvalue weighted by atomic mass is 19.2. The molecule has 0 aliphatic heterocycles. The van der Waals surface area contributed by atoms with Crippen LogP contribution in [0.1, 0.15) is 18.1 Å². The minimum atomic E-state index is -1.43. The van der Waals surface area contributed by atoms with Crippen LogP contribution >= 0.6 is 0 Å². The first-order valence-electron chi connectivity index (χ1n) is 6.07. The second kappa shape index (κ2) is 5.78. The van der Waals surface area contributed by atoms with Gasteiger partial charge in [-0.3, -0.25) is 0 Å². The lowest BCUT2D eigenvalue weighted by molar-refractivity contribution is 0.445. The topological polar surface area (TPSA) is 12.0 Å². The summed E-state index contributed by atoms with van der Waals surface area (Å²) in [4.78, 5) is 0. The Bertz CT molecular complexity index is 558. The number of anilines is 1. The lowest BCUT2D eigenvalue weighted by Gasteiger charge is -2.11. The highest BCUT2D eigenvalue weighted by Crippen LogP contribution is 2.18. The summed E-state index contributed by atoms with van der Waals surface area (Å²) >= 11 is 0. The van der Waals surface area contributed by atoms with E-state index >= 15 is 0 Å². The van der Waals surface area contributed by atoms with E-state index in [1.165, 1.54) is 0 Å². The zero-order chi connectivity index (χ0) is 13.8. The summed E-state index contributed by atoms with van der Waals surface area (Å²) in [6, 6.07) is 9.69. The molecule has 1 N–H and O–H groups in total. The van der Waals surface area contributed by atoms with E-state index in [2.05, 4.69) is 5.32 Å². The van der Waals surface area contributed by atoms with Crippen molar-refractivity contribution >= 4 is 5.69 Å². The lowest BCUT2D eigenvalue weighted by atomic mass is 10.1. The molecule has 0 aromatic heterocycles. The molecule has 0 heterocycles. The van der Waals surface area contributed by atoms with Crippen molar-refractivity contribution in [2.45, 2.75) is 19.9 Å². The Labute approximate surface area is 110 Å². The largest absolute Gasteiger partial charge is 0.381 e. The van der Waals surface area contributed by atoms with E-state index in [-0.39, 0.29) is 6.54 Å². The summed E-state index contributed by atoms with van der Waals surface area (Å²) in [6.45, 7) is 2.27. The normalized spacial score (nSPS) is 10.5. The van der Waals surface area contributed by atoms with Gasteiger partial charge < -0.3 is 5.32 Å². The molecule has 0 saturated heterocycles. The fourth-order valence-corrected chi connectivity index (χ4v) is 1.91. The summed E-state index contributed by atoms with van der Waals surface area (Å²) in [7, 11) is 0. The number of para-hydroxylation sites is 1. The zero-order valence-corrected chi connectivity index (χ0v) is 10.5. The number of rotatable bonds is 4. The van der Waals surface area contributed by atoms with Crippen molar-refractivity contribution in [1.29, 1.82) is 0 Å². The van der Waals surface area contributed by atoms with E-state index in [9.17, 15) is 13.2 Å². The van der Waals surface area contributed by atoms with Crippen molar-refractivity contribution in [2.24, 2.45) is 0 Å². The molecule has 0 fully saturated rings. The first-order chi connectivity index (χ1) is 9.11. The van der Waals surface area contributed by atoms with Gasteiger partial charge in [0.05, 0.1) is 0 Å². The van der Waals surface area contributed by atoms with Crippen molar-refractivity contribution in [3.8, 4) is 0 Å². The average Bonchev–Trinajstić information content (AvgIpc) is 2.42. The number of hydrogen-bond donors (Lipinski definition) is 1. The van der Waals surface area contributed by atoms with Gasteiger partial charge in [-0.15, -0.1) is 0 Å². The second-order valence-electron chi connectivity index (χ2n) is 4.24. The smallest absolute Gasteiger partial charge is 0.194 e. The number of nitrogens with one attached hydrogen (secondary N) is 1. The third kappa shape index (κ3) is 3.08. The molecule has 4 heteroatoms. The predicted molar refractivity (Wildman–Crippen MR) is 69.5 cm³/mol. The summed E-state index contributed by atoms with van der Waals surface area (Å²) < 4.78 is 39.0. The van der Waals surface area contributed by atoms with Crippen LogP contribution in [0.25, 0.3) is 0 Å². The molecule has 0 atom stereocenters. The standard InChI is InChI=1S/C15H14F3N/c1-2-11-5-3-4-6-14(11)19-9-10-7-12(16)15(18)13(17)8-10/h3-8,19H,2,9H2,1H3. The molecule has 2 aromatic rings. The minimum absolute atomic E-state index is 0.241. The minimum Gasteiger partial charge on any atom is -0.381 e. The third-order valence-electron chi connectivity index (χ3n) is 2.92. The van der Waals surface area contributed by atoms with E-state index in [4.69, 9.17) is 0 Å². The van der Waals surface area contributed by atoms with Gasteiger partial charge in [0.15, 0.2) is 17.5 Å². The van der Waals surface area contributed by atoms with Crippen LogP contribution in [0.2, 0.25) is 0 Å². The maximum Gasteiger partial charge on any atom is 0.194 e. The second-order valence-corrected chi connectivity index (χ2v) is 4.24. The van der Waals surface area contributed by atoms with E-state index < -0.39 is 17.5 Å². The fourth-order valence-electron chi connectivity index (χ4n) is 1.91. The van der Waals surface area contributed by atoms with Gasteiger partial charge in [-0.1, -0.05) is 25.1 Å². The van der Waals surface area contributed by atoms with Gasteiger partial charge in [-0.2, -0.15) is 0 Å². The summed E-state index contributed by atoms with van der Waals surface area (Å²) in [6.07, 6.45) is 0.856. The van der Waals surface area contributed by atoms with Crippen LogP contribution < -0.4 is 5.32 Å². The SMILES string of the molecule is CCc1ccccc1NCc1cc(F)c(F)c(F)c1. The number of hydrogen-bond acceptors (Lipinski definition) is 1. The van der Waals surface area contributed by atoms with Crippen LogP contribution in [-0.4, -0.2) is 0 Å². The van der Waals surface area contributed by atoms with Crippen molar-refractivity contribution in [3.05, 3.63) is 65.0 Å². The van der Waals surface area contributed by atoms with Crippen molar-refractivity contribution < 1.29 is 13.2 Å². The maximum atomic E-state index is 13.1. The van der Waals surface area contributed by atoms with Gasteiger partial charge in [0, 0.05) is 12.2 Å². The molecule has 0 saturated carbocycles. The third-order valence-corrected chi connectivity index (χ3v) is 2.92. The molecule has 0 bridgehead atoms. The van der Waals surface area contributed by atoms with E-state index in [1.54, 1.807) is 0 Å². The Hall–Kier alpha value is -1.97. The molecule has 0 aliphatic carbocycles. The van der Waals surface area contributed by atoms with Crippen LogP contribution in [0.3, 0.4) is 0 Å². The Morgan fingerprint density at radius 2 is 1.63 bits per heavy atom. The quantitative estimate of drug-likeness (QED) is 0.814. The van der Waals surface area contributed by atoms with Gasteiger partial charge in [-0.25, -0.2) is 13.2 Å². The van der Waals surface area contributed by atoms with Gasteiger partial charge in [0.1, 0.15) is 0 Å². The van der Waals surface area contributed by atoms with E-state index in [0.717, 1.165) is 29.8 Å². The molecular weight excluding hydrogens is 251 g/mol. The highest BCUT2D eigenvalue weighted by Gasteiger charge is 2.10. The number of aryl methyl sites for hydroxylation is 1. The fraction of sp³-hybridized carbons (Fsp3) is 0.200. The summed E-state index contributed by atoms with van der Waals surface area (Å²) in [5, 5.41) is 3.10. The van der Waals surface area contributed by atoms with Crippen LogP contribution in [0, 0.1) is 17.5 Å². The maximum absolute atomic E-state index is 13.1. The number of benzene rings is 2. The monoisotopic (exact) mass is 265 g/mol. The molecule has 0 aliphatic rings. The molecule has 0 radical (unpaired) electrons. The van der Waals surface area contributed by atoms with E-state index in [1.807, 2.05) is 31.2 Å². The lowest BCUT2D eigenvalue weighted by Crippen LogP contribution is -2.04. The molecule has 100 valence electrons. The highest BCUT2D eigenvalue weighted by molar-refractivity contribution is 5.51. The zero-order valence-electron chi connectivity index (χ0n) is 10.5. The van der Waals surface area contributed by atoms with Crippen LogP contribution in [-0.2, 0) is 13.0 Å². The first kappa shape index (κ1) is 13.5. The number of halogens is 3. The Morgan fingerprint density at radius 3 is 2.26 bits per heavy atom. The summed E-state index contributed by atoms with van der Waals surface area (Å²) in [5.74, 6) is -3.76. The Kier molecular flexibility index (Phi) is 4.10. The average molecular weight is 265 g/mol. The molecule has 1 nitrogen and oxygen atoms in total. The molecule has 0 unspecified atom stereocenters. The summed E-state index contributed by atoms with van der Waals surface area (Å²) in [5.41, 5.74) is 2.39. The van der Waals surface area contributed by atoms with Gasteiger partial charge in [0.2, 0.25) is 0 Å².